The van der Waals surface area contributed by atoms with Crippen LogP contribution in [0.5, 0.6) is 0 Å². The van der Waals surface area contributed by atoms with E-state index in [0.29, 0.717) is 18.3 Å². The minimum atomic E-state index is -3.02. The molecule has 0 N–H and O–H groups in total. The molecule has 3 atom stereocenters. The summed E-state index contributed by atoms with van der Waals surface area (Å²) >= 11 is 0. The number of piperidine rings is 1. The van der Waals surface area contributed by atoms with Crippen molar-refractivity contribution >= 4 is 15.5 Å². The lowest BCUT2D eigenvalue weighted by Crippen LogP contribution is -2.46. The van der Waals surface area contributed by atoms with Crippen LogP contribution in [0.25, 0.3) is 0 Å². The third-order valence-electron chi connectivity index (χ3n) is 6.61. The molecule has 1 aromatic carbocycles. The molecule has 0 saturated carbocycles. The maximum Gasteiger partial charge on any atom is 0.160 e. The number of halogens is 2. The Hall–Kier alpha value is -1.25. The van der Waals surface area contributed by atoms with E-state index in [2.05, 4.69) is 14.7 Å². The Morgan fingerprint density at radius 1 is 1.07 bits per heavy atom. The van der Waals surface area contributed by atoms with Crippen LogP contribution in [-0.4, -0.2) is 81.6 Å². The van der Waals surface area contributed by atoms with Crippen molar-refractivity contribution in [1.82, 2.24) is 9.80 Å². The largest absolute Gasteiger partial charge is 0.371 e. The van der Waals surface area contributed by atoms with Crippen LogP contribution in [0.1, 0.15) is 12.8 Å². The highest BCUT2D eigenvalue weighted by Crippen LogP contribution is 2.38. The summed E-state index contributed by atoms with van der Waals surface area (Å²) in [4.78, 5) is 6.48. The highest BCUT2D eigenvalue weighted by atomic mass is 32.2. The van der Waals surface area contributed by atoms with E-state index in [0.717, 1.165) is 32.5 Å². The molecule has 0 unspecified atom stereocenters. The normalized spacial score (nSPS) is 31.6. The second kappa shape index (κ2) is 6.97. The molecule has 0 spiro atoms. The smallest absolute Gasteiger partial charge is 0.160 e. The van der Waals surface area contributed by atoms with Crippen molar-refractivity contribution in [1.29, 1.82) is 0 Å². The Kier molecular flexibility index (Phi) is 4.93. The molecule has 27 heavy (non-hydrogen) atoms. The zero-order valence-corrected chi connectivity index (χ0v) is 16.6. The predicted octanol–water partition coefficient (Wildman–Crippen LogP) is 1.59. The molecule has 4 rings (SSSR count). The Labute approximate surface area is 159 Å². The van der Waals surface area contributed by atoms with Gasteiger partial charge in [0.25, 0.3) is 0 Å². The van der Waals surface area contributed by atoms with Gasteiger partial charge in [0.2, 0.25) is 0 Å². The van der Waals surface area contributed by atoms with E-state index in [1.807, 2.05) is 14.1 Å². The van der Waals surface area contributed by atoms with Gasteiger partial charge in [-0.25, -0.2) is 17.2 Å². The van der Waals surface area contributed by atoms with Crippen LogP contribution in [0.3, 0.4) is 0 Å². The van der Waals surface area contributed by atoms with Crippen LogP contribution in [0.2, 0.25) is 0 Å². The molecule has 3 aliphatic rings. The Morgan fingerprint density at radius 2 is 1.78 bits per heavy atom. The van der Waals surface area contributed by atoms with Gasteiger partial charge in [0.15, 0.2) is 21.5 Å². The minimum absolute atomic E-state index is 0.104. The summed E-state index contributed by atoms with van der Waals surface area (Å²) in [6.07, 6.45) is 1.82. The number of rotatable bonds is 3. The summed E-state index contributed by atoms with van der Waals surface area (Å²) in [6.45, 7) is 3.01. The highest BCUT2D eigenvalue weighted by molar-refractivity contribution is 7.92. The molecule has 0 radical (unpaired) electrons. The van der Waals surface area contributed by atoms with Crippen LogP contribution >= 0.6 is 0 Å². The molecular weight excluding hydrogens is 372 g/mol. The monoisotopic (exact) mass is 399 g/mol. The Balaban J connectivity index is 1.40. The molecule has 0 aliphatic carbocycles. The molecule has 3 aliphatic heterocycles. The molecule has 3 saturated heterocycles. The van der Waals surface area contributed by atoms with E-state index in [1.54, 1.807) is 6.07 Å². The molecule has 8 heteroatoms. The summed E-state index contributed by atoms with van der Waals surface area (Å²) in [5.74, 6) is -1.18. The SMILES string of the molecule is CN(C)[C@H]1CS(=O)(=O)[C@H]2CN(C3CCN(c4ccc(F)c(F)c4)CC3)C[C@@H]12. The number of anilines is 1. The fourth-order valence-corrected chi connectivity index (χ4v) is 7.55. The number of hydrogen-bond acceptors (Lipinski definition) is 5. The van der Waals surface area contributed by atoms with Gasteiger partial charge >= 0.3 is 0 Å². The second-order valence-corrected chi connectivity index (χ2v) is 10.6. The van der Waals surface area contributed by atoms with Crippen LogP contribution < -0.4 is 4.90 Å². The molecule has 5 nitrogen and oxygen atoms in total. The number of nitrogens with zero attached hydrogens (tertiary/aromatic N) is 3. The molecule has 0 bridgehead atoms. The molecule has 3 fully saturated rings. The number of sulfone groups is 1. The predicted molar refractivity (Wildman–Crippen MR) is 102 cm³/mol. The van der Waals surface area contributed by atoms with Crippen molar-refractivity contribution in [3.63, 3.8) is 0 Å². The Morgan fingerprint density at radius 3 is 2.41 bits per heavy atom. The first kappa shape index (κ1) is 19.1. The minimum Gasteiger partial charge on any atom is -0.371 e. The molecule has 0 aromatic heterocycles. The topological polar surface area (TPSA) is 43.9 Å². The average molecular weight is 400 g/mol. The van der Waals surface area contributed by atoms with E-state index in [9.17, 15) is 17.2 Å². The first-order valence-electron chi connectivity index (χ1n) is 9.58. The summed E-state index contributed by atoms with van der Waals surface area (Å²) in [5.41, 5.74) is 0.709. The first-order chi connectivity index (χ1) is 12.8. The first-order valence-corrected chi connectivity index (χ1v) is 11.3. The van der Waals surface area contributed by atoms with E-state index in [-0.39, 0.29) is 23.0 Å². The molecule has 1 aromatic rings. The van der Waals surface area contributed by atoms with E-state index in [4.69, 9.17) is 0 Å². The van der Waals surface area contributed by atoms with Gasteiger partial charge in [-0.15, -0.1) is 0 Å². The number of hydrogen-bond donors (Lipinski definition) is 0. The van der Waals surface area contributed by atoms with Crippen molar-refractivity contribution in [2.75, 3.05) is 50.9 Å². The van der Waals surface area contributed by atoms with E-state index >= 15 is 0 Å². The highest BCUT2D eigenvalue weighted by Gasteiger charge is 2.53. The van der Waals surface area contributed by atoms with Crippen molar-refractivity contribution in [2.24, 2.45) is 5.92 Å². The molecule has 0 amide bonds. The van der Waals surface area contributed by atoms with Crippen LogP contribution in [0.4, 0.5) is 14.5 Å². The van der Waals surface area contributed by atoms with Crippen LogP contribution in [-0.2, 0) is 9.84 Å². The van der Waals surface area contributed by atoms with Gasteiger partial charge in [-0.2, -0.15) is 0 Å². The van der Waals surface area contributed by atoms with Gasteiger partial charge in [0.05, 0.1) is 11.0 Å². The maximum atomic E-state index is 13.5. The fraction of sp³-hybridized carbons (Fsp3) is 0.684. The van der Waals surface area contributed by atoms with Gasteiger partial charge in [0, 0.05) is 55.9 Å². The Bertz CT molecular complexity index is 809. The summed E-state index contributed by atoms with van der Waals surface area (Å²) in [5, 5.41) is -0.242. The van der Waals surface area contributed by atoms with Crippen LogP contribution in [0, 0.1) is 17.6 Å². The standard InChI is InChI=1S/C19H27F2N3O2S/c1-22(2)18-12-27(25,26)19-11-24(10-15(18)19)13-5-7-23(8-6-13)14-3-4-16(20)17(21)9-14/h3-4,9,13,15,18-19H,5-8,10-12H2,1-2H3/t15-,18-,19-/m0/s1. The molecule has 150 valence electrons. The summed E-state index contributed by atoms with van der Waals surface area (Å²) in [6, 6.07) is 4.50. The van der Waals surface area contributed by atoms with Gasteiger partial charge in [-0.3, -0.25) is 4.90 Å². The van der Waals surface area contributed by atoms with Gasteiger partial charge in [0.1, 0.15) is 0 Å². The quantitative estimate of drug-likeness (QED) is 0.773. The molecular formula is C19H27F2N3O2S. The van der Waals surface area contributed by atoms with E-state index in [1.165, 1.54) is 12.1 Å². The number of likely N-dealkylation sites (tertiary alicyclic amines) is 1. The third-order valence-corrected chi connectivity index (χ3v) is 8.84. The zero-order valence-electron chi connectivity index (χ0n) is 15.8. The van der Waals surface area contributed by atoms with E-state index < -0.39 is 21.5 Å². The number of fused-ring (bicyclic) bond motifs is 1. The van der Waals surface area contributed by atoms with Gasteiger partial charge < -0.3 is 9.80 Å². The third kappa shape index (κ3) is 3.47. The van der Waals surface area contributed by atoms with Crippen molar-refractivity contribution in [3.8, 4) is 0 Å². The average Bonchev–Trinajstić information content (AvgIpc) is 3.17. The fourth-order valence-electron chi connectivity index (χ4n) is 5.07. The second-order valence-electron chi connectivity index (χ2n) is 8.33. The van der Waals surface area contributed by atoms with Crippen molar-refractivity contribution in [2.45, 2.75) is 30.2 Å². The van der Waals surface area contributed by atoms with Crippen LogP contribution in [0.15, 0.2) is 18.2 Å². The lowest BCUT2D eigenvalue weighted by molar-refractivity contribution is 0.179. The lowest BCUT2D eigenvalue weighted by Gasteiger charge is -2.38. The van der Waals surface area contributed by atoms with Crippen molar-refractivity contribution in [3.05, 3.63) is 29.8 Å². The molecule has 3 heterocycles. The lowest BCUT2D eigenvalue weighted by atomic mass is 9.99. The maximum absolute atomic E-state index is 13.5. The zero-order chi connectivity index (χ0) is 19.3. The summed E-state index contributed by atoms with van der Waals surface area (Å²) < 4.78 is 51.7. The number of benzene rings is 1. The summed E-state index contributed by atoms with van der Waals surface area (Å²) in [7, 11) is 0.905. The van der Waals surface area contributed by atoms with Gasteiger partial charge in [-0.05, 0) is 39.1 Å². The van der Waals surface area contributed by atoms with Crippen molar-refractivity contribution < 1.29 is 17.2 Å². The van der Waals surface area contributed by atoms with Gasteiger partial charge in [-0.1, -0.05) is 0 Å².